The van der Waals surface area contributed by atoms with E-state index in [1.807, 2.05) is 0 Å². The topological polar surface area (TPSA) is 72.6 Å². The summed E-state index contributed by atoms with van der Waals surface area (Å²) < 4.78 is 4.95. The lowest BCUT2D eigenvalue weighted by atomic mass is 10.1. The summed E-state index contributed by atoms with van der Waals surface area (Å²) in [6.07, 6.45) is -1.45. The van der Waals surface area contributed by atoms with E-state index in [1.54, 1.807) is 18.2 Å². The number of hydrogen-bond acceptors (Lipinski definition) is 3. The standard InChI is InChI=1S/C9H10ClNO3/c1-14-6-4-2-3-5(10)7(6)8(12)9(11)13/h2-4,8,12H,1H3,(H2,11,13)/t8-/m1/s1. The molecule has 0 unspecified atom stereocenters. The molecule has 0 saturated carbocycles. The lowest BCUT2D eigenvalue weighted by Crippen LogP contribution is -2.21. The number of hydrogen-bond donors (Lipinski definition) is 2. The van der Waals surface area contributed by atoms with Crippen LogP contribution in [0.2, 0.25) is 5.02 Å². The average molecular weight is 216 g/mol. The highest BCUT2D eigenvalue weighted by molar-refractivity contribution is 6.31. The molecule has 0 aromatic heterocycles. The Morgan fingerprint density at radius 2 is 2.29 bits per heavy atom. The second-order valence-electron chi connectivity index (χ2n) is 2.66. The number of aliphatic hydroxyl groups excluding tert-OH is 1. The van der Waals surface area contributed by atoms with Crippen LogP contribution in [-0.4, -0.2) is 18.1 Å². The molecule has 0 spiro atoms. The summed E-state index contributed by atoms with van der Waals surface area (Å²) in [5.74, 6) is -0.528. The van der Waals surface area contributed by atoms with Gasteiger partial charge in [-0.3, -0.25) is 4.79 Å². The molecule has 76 valence electrons. The van der Waals surface area contributed by atoms with E-state index in [4.69, 9.17) is 22.1 Å². The molecule has 0 bridgehead atoms. The highest BCUT2D eigenvalue weighted by Gasteiger charge is 2.21. The zero-order valence-corrected chi connectivity index (χ0v) is 8.28. The van der Waals surface area contributed by atoms with Gasteiger partial charge in [0.15, 0.2) is 6.10 Å². The van der Waals surface area contributed by atoms with Crippen molar-refractivity contribution in [3.63, 3.8) is 0 Å². The molecule has 4 nitrogen and oxygen atoms in total. The van der Waals surface area contributed by atoms with Crippen molar-refractivity contribution in [1.82, 2.24) is 0 Å². The van der Waals surface area contributed by atoms with Crippen molar-refractivity contribution >= 4 is 17.5 Å². The van der Waals surface area contributed by atoms with Crippen molar-refractivity contribution < 1.29 is 14.6 Å². The van der Waals surface area contributed by atoms with E-state index in [-0.39, 0.29) is 10.6 Å². The van der Waals surface area contributed by atoms with Gasteiger partial charge >= 0.3 is 0 Å². The SMILES string of the molecule is COc1cccc(Cl)c1[C@@H](O)C(N)=O. The molecule has 0 aliphatic carbocycles. The fraction of sp³-hybridized carbons (Fsp3) is 0.222. The summed E-state index contributed by atoms with van der Waals surface area (Å²) in [6, 6.07) is 4.79. The zero-order chi connectivity index (χ0) is 10.7. The number of methoxy groups -OCH3 is 1. The van der Waals surface area contributed by atoms with Crippen LogP contribution in [0.5, 0.6) is 5.75 Å². The quantitative estimate of drug-likeness (QED) is 0.786. The molecule has 14 heavy (non-hydrogen) atoms. The van der Waals surface area contributed by atoms with Gasteiger partial charge in [0.25, 0.3) is 5.91 Å². The number of benzene rings is 1. The molecule has 1 aromatic rings. The third-order valence-electron chi connectivity index (χ3n) is 1.78. The Labute approximate surface area is 86.2 Å². The molecule has 0 fully saturated rings. The van der Waals surface area contributed by atoms with E-state index < -0.39 is 12.0 Å². The first-order valence-corrected chi connectivity index (χ1v) is 4.25. The van der Waals surface area contributed by atoms with Gasteiger partial charge in [-0.1, -0.05) is 17.7 Å². The van der Waals surface area contributed by atoms with Crippen molar-refractivity contribution in [3.8, 4) is 5.75 Å². The van der Waals surface area contributed by atoms with Crippen LogP contribution in [0.25, 0.3) is 0 Å². The molecule has 3 N–H and O–H groups in total. The molecule has 0 radical (unpaired) electrons. The number of amides is 1. The number of nitrogens with two attached hydrogens (primary N) is 1. The Balaban J connectivity index is 3.23. The second-order valence-corrected chi connectivity index (χ2v) is 3.07. The highest BCUT2D eigenvalue weighted by Crippen LogP contribution is 2.31. The number of halogens is 1. The van der Waals surface area contributed by atoms with E-state index in [2.05, 4.69) is 0 Å². The molecule has 5 heteroatoms. The van der Waals surface area contributed by atoms with Gasteiger partial charge in [0.05, 0.1) is 17.7 Å². The minimum atomic E-state index is -1.45. The number of carbonyl (C=O) groups is 1. The first kappa shape index (κ1) is 10.8. The summed E-state index contributed by atoms with van der Waals surface area (Å²) in [5.41, 5.74) is 5.16. The van der Waals surface area contributed by atoms with Crippen molar-refractivity contribution in [3.05, 3.63) is 28.8 Å². The van der Waals surface area contributed by atoms with Gasteiger partial charge in [-0.2, -0.15) is 0 Å². The average Bonchev–Trinajstić information content (AvgIpc) is 2.16. The number of rotatable bonds is 3. The van der Waals surface area contributed by atoms with E-state index in [1.165, 1.54) is 7.11 Å². The maximum Gasteiger partial charge on any atom is 0.251 e. The lowest BCUT2D eigenvalue weighted by molar-refractivity contribution is -0.126. The molecule has 0 saturated heterocycles. The number of primary amides is 1. The predicted octanol–water partition coefficient (Wildman–Crippen LogP) is 0.867. The van der Waals surface area contributed by atoms with Crippen LogP contribution >= 0.6 is 11.6 Å². The van der Waals surface area contributed by atoms with Crippen LogP contribution < -0.4 is 10.5 Å². The van der Waals surface area contributed by atoms with E-state index in [0.717, 1.165) is 0 Å². The fourth-order valence-corrected chi connectivity index (χ4v) is 1.37. The third-order valence-corrected chi connectivity index (χ3v) is 2.11. The molecule has 0 aliphatic rings. The van der Waals surface area contributed by atoms with E-state index >= 15 is 0 Å². The van der Waals surface area contributed by atoms with Crippen molar-refractivity contribution in [1.29, 1.82) is 0 Å². The predicted molar refractivity (Wildman–Crippen MR) is 52.2 cm³/mol. The fourth-order valence-electron chi connectivity index (χ4n) is 1.10. The van der Waals surface area contributed by atoms with E-state index in [9.17, 15) is 9.90 Å². The van der Waals surface area contributed by atoms with Gasteiger partial charge in [-0.25, -0.2) is 0 Å². The molecule has 1 amide bonds. The normalized spacial score (nSPS) is 12.2. The van der Waals surface area contributed by atoms with Crippen molar-refractivity contribution in [2.75, 3.05) is 7.11 Å². The Morgan fingerprint density at radius 1 is 1.64 bits per heavy atom. The number of aliphatic hydroxyl groups is 1. The summed E-state index contributed by atoms with van der Waals surface area (Å²) in [7, 11) is 1.42. The molecule has 0 aliphatic heterocycles. The van der Waals surface area contributed by atoms with Gasteiger partial charge in [0.2, 0.25) is 0 Å². The Hall–Kier alpha value is -1.26. The van der Waals surface area contributed by atoms with Crippen LogP contribution in [0.1, 0.15) is 11.7 Å². The highest BCUT2D eigenvalue weighted by atomic mass is 35.5. The van der Waals surface area contributed by atoms with E-state index in [0.29, 0.717) is 5.75 Å². The van der Waals surface area contributed by atoms with Gasteiger partial charge < -0.3 is 15.6 Å². The number of ether oxygens (including phenoxy) is 1. The summed E-state index contributed by atoms with van der Waals surface area (Å²) in [6.45, 7) is 0. The Kier molecular flexibility index (Phi) is 3.33. The second kappa shape index (κ2) is 4.30. The van der Waals surface area contributed by atoms with Crippen molar-refractivity contribution in [2.45, 2.75) is 6.10 Å². The molecular formula is C9H10ClNO3. The largest absolute Gasteiger partial charge is 0.496 e. The molecule has 1 aromatic carbocycles. The molecule has 0 heterocycles. The smallest absolute Gasteiger partial charge is 0.251 e. The van der Waals surface area contributed by atoms with Gasteiger partial charge in [0.1, 0.15) is 5.75 Å². The maximum atomic E-state index is 10.8. The van der Waals surface area contributed by atoms with Crippen LogP contribution in [0.3, 0.4) is 0 Å². The van der Waals surface area contributed by atoms with Gasteiger partial charge in [0, 0.05) is 0 Å². The lowest BCUT2D eigenvalue weighted by Gasteiger charge is -2.13. The maximum absolute atomic E-state index is 10.8. The number of carbonyl (C=O) groups excluding carboxylic acids is 1. The molecule has 1 rings (SSSR count). The molecular weight excluding hydrogens is 206 g/mol. The van der Waals surface area contributed by atoms with Gasteiger partial charge in [-0.15, -0.1) is 0 Å². The minimum Gasteiger partial charge on any atom is -0.496 e. The van der Waals surface area contributed by atoms with Crippen LogP contribution in [0.15, 0.2) is 18.2 Å². The minimum absolute atomic E-state index is 0.198. The van der Waals surface area contributed by atoms with Crippen LogP contribution in [-0.2, 0) is 4.79 Å². The molecule has 1 atom stereocenters. The Bertz CT molecular complexity index is 354. The summed E-state index contributed by atoms with van der Waals surface area (Å²) >= 11 is 5.80. The zero-order valence-electron chi connectivity index (χ0n) is 7.53. The first-order chi connectivity index (χ1) is 6.57. The van der Waals surface area contributed by atoms with Gasteiger partial charge in [-0.05, 0) is 12.1 Å². The van der Waals surface area contributed by atoms with Crippen LogP contribution in [0.4, 0.5) is 0 Å². The summed E-state index contributed by atoms with van der Waals surface area (Å²) in [4.78, 5) is 10.8. The Morgan fingerprint density at radius 3 is 2.79 bits per heavy atom. The monoisotopic (exact) mass is 215 g/mol. The summed E-state index contributed by atoms with van der Waals surface area (Å²) in [5, 5.41) is 9.70. The third kappa shape index (κ3) is 1.97. The van der Waals surface area contributed by atoms with Crippen LogP contribution in [0, 0.1) is 0 Å². The van der Waals surface area contributed by atoms with Crippen molar-refractivity contribution in [2.24, 2.45) is 5.73 Å². The first-order valence-electron chi connectivity index (χ1n) is 3.87.